The van der Waals surface area contributed by atoms with Crippen molar-refractivity contribution in [2.24, 2.45) is 35.5 Å². The zero-order valence-electron chi connectivity index (χ0n) is 36.8. The van der Waals surface area contributed by atoms with Crippen LogP contribution in [0.2, 0.25) is 0 Å². The molecule has 14 heteroatoms. The van der Waals surface area contributed by atoms with Crippen LogP contribution in [-0.2, 0) is 52.3 Å². The number of rotatable bonds is 13. The average Bonchev–Trinajstić information content (AvgIpc) is 3.62. The van der Waals surface area contributed by atoms with E-state index in [1.165, 1.54) is 21.3 Å². The maximum Gasteiger partial charge on any atom is 0.373 e. The van der Waals surface area contributed by atoms with Crippen LogP contribution in [0.1, 0.15) is 81.6 Å². The normalized spacial score (nSPS) is 34.8. The third-order valence-corrected chi connectivity index (χ3v) is 11.6. The number of aliphatic hydroxyl groups is 2. The van der Waals surface area contributed by atoms with Gasteiger partial charge in [0.2, 0.25) is 11.7 Å². The van der Waals surface area contributed by atoms with E-state index in [4.69, 9.17) is 33.2 Å². The second kappa shape index (κ2) is 22.5. The van der Waals surface area contributed by atoms with Crippen molar-refractivity contribution in [2.75, 3.05) is 27.9 Å². The van der Waals surface area contributed by atoms with E-state index in [-0.39, 0.29) is 54.8 Å². The second-order valence-corrected chi connectivity index (χ2v) is 16.6. The summed E-state index contributed by atoms with van der Waals surface area (Å²) < 4.78 is 41.4. The fourth-order valence-electron chi connectivity index (χ4n) is 8.08. The van der Waals surface area contributed by atoms with Crippen molar-refractivity contribution < 1.29 is 62.5 Å². The lowest BCUT2D eigenvalue weighted by molar-refractivity contribution is -0.339. The fraction of sp³-hybridized carbons (Fsp3) is 0.644. The van der Waals surface area contributed by atoms with Crippen LogP contribution in [0.5, 0.6) is 0 Å². The van der Waals surface area contributed by atoms with Gasteiger partial charge in [0.25, 0.3) is 0 Å². The highest BCUT2D eigenvalue weighted by molar-refractivity contribution is 5.92. The summed E-state index contributed by atoms with van der Waals surface area (Å²) in [7, 11) is 4.32. The quantitative estimate of drug-likeness (QED) is 0.122. The molecule has 0 radical (unpaired) electrons. The Kier molecular flexibility index (Phi) is 18.8. The number of aliphatic hydroxyl groups excluding tert-OH is 2. The van der Waals surface area contributed by atoms with Gasteiger partial charge in [0.05, 0.1) is 31.1 Å². The first-order valence-corrected chi connectivity index (χ1v) is 20.4. The molecular formula is C45H67NO13. The molecule has 0 aromatic carbocycles. The largest absolute Gasteiger partial charge is 0.490 e. The minimum Gasteiger partial charge on any atom is -0.490 e. The Hall–Kier alpha value is -4.08. The highest BCUT2D eigenvalue weighted by Crippen LogP contribution is 2.44. The maximum absolute atomic E-state index is 13.8. The summed E-state index contributed by atoms with van der Waals surface area (Å²) in [5.74, 6) is -6.26. The molecule has 3 N–H and O–H groups in total. The highest BCUT2D eigenvalue weighted by Gasteiger charge is 2.54. The third-order valence-electron chi connectivity index (χ3n) is 11.6. The number of ether oxygens (including phenoxy) is 7. The number of amides is 1. The summed E-state index contributed by atoms with van der Waals surface area (Å²) in [5, 5.41) is 25.8. The second-order valence-electron chi connectivity index (χ2n) is 16.6. The third kappa shape index (κ3) is 13.5. The van der Waals surface area contributed by atoms with E-state index in [9.17, 15) is 29.4 Å². The van der Waals surface area contributed by atoms with Crippen molar-refractivity contribution in [3.63, 3.8) is 0 Å². The molecular weight excluding hydrogens is 762 g/mol. The van der Waals surface area contributed by atoms with Crippen LogP contribution >= 0.6 is 0 Å². The van der Waals surface area contributed by atoms with Gasteiger partial charge in [-0.2, -0.15) is 0 Å². The molecule has 1 fully saturated rings. The van der Waals surface area contributed by atoms with Gasteiger partial charge in [-0.25, -0.2) is 14.4 Å². The molecule has 330 valence electrons. The van der Waals surface area contributed by atoms with Gasteiger partial charge in [-0.05, 0) is 38.2 Å². The molecule has 0 aliphatic carbocycles. The van der Waals surface area contributed by atoms with Gasteiger partial charge >= 0.3 is 17.9 Å². The number of cyclic esters (lactones) is 1. The van der Waals surface area contributed by atoms with Gasteiger partial charge in [0, 0.05) is 62.9 Å². The standard InChI is InChI=1S/C45H67NO13/c1-25(2)42-30(7)36(57-39(49)19-18-38(48)56-24-33-16-17-37(47)46-33)23-45(55-12,59-42)32(9)41(51)31(8)43-34(53-10)15-13-14-26(3)20-28(5)40(50)29(6)21-27(4)22-35(54-11)44(52)58-43/h13-16,18-19,21-22,25,28-32,34,36,40-43,50-51H,17,20,23-24H2,1-12H3,(H,46,47)/b15-13-,19-18+,26-14-,27-21-,35-22+/t28-,29+,30+,31+,32+,34-,36-,40-,41+,42+,43+,45-/m1/s1. The van der Waals surface area contributed by atoms with Gasteiger partial charge in [0.15, 0.2) is 5.79 Å². The zero-order chi connectivity index (χ0) is 44.2. The Morgan fingerprint density at radius 1 is 1.03 bits per heavy atom. The van der Waals surface area contributed by atoms with Crippen LogP contribution < -0.4 is 5.32 Å². The van der Waals surface area contributed by atoms with Crippen molar-refractivity contribution >= 4 is 23.8 Å². The SMILES string of the molecule is CO/C1=C/C(C)=C\[C@H](C)[C@H](O)[C@H](C)C/C(C)=C\C=C/[C@@H](OC)[C@H]([C@@H](C)[C@H](O)[C@H](C)[C@@]2(OC)C[C@@H](OC(=O)/C=C/C(=O)OCC3=CCC(=O)N3)[C@H](C)[C@H](C(C)C)O2)OC1=O. The molecule has 3 heterocycles. The predicted octanol–water partition coefficient (Wildman–Crippen LogP) is 5.40. The lowest BCUT2D eigenvalue weighted by Gasteiger charge is -2.51. The van der Waals surface area contributed by atoms with Crippen molar-refractivity contribution in [2.45, 2.75) is 124 Å². The minimum atomic E-state index is -1.47. The lowest BCUT2D eigenvalue weighted by atomic mass is 9.76. The van der Waals surface area contributed by atoms with E-state index in [2.05, 4.69) is 5.32 Å². The number of allylic oxidation sites excluding steroid dienone is 5. The van der Waals surface area contributed by atoms with E-state index in [0.29, 0.717) is 17.7 Å². The molecule has 1 saturated heterocycles. The van der Waals surface area contributed by atoms with Crippen molar-refractivity contribution in [3.8, 4) is 0 Å². The smallest absolute Gasteiger partial charge is 0.373 e. The summed E-state index contributed by atoms with van der Waals surface area (Å²) in [6.45, 7) is 16.9. The molecule has 12 atom stereocenters. The summed E-state index contributed by atoms with van der Waals surface area (Å²) in [6.07, 6.45) is 8.47. The summed E-state index contributed by atoms with van der Waals surface area (Å²) >= 11 is 0. The molecule has 0 saturated carbocycles. The van der Waals surface area contributed by atoms with Crippen LogP contribution in [0.3, 0.4) is 0 Å². The number of methoxy groups -OCH3 is 3. The molecule has 59 heavy (non-hydrogen) atoms. The number of hydrogen-bond acceptors (Lipinski definition) is 13. The van der Waals surface area contributed by atoms with Crippen LogP contribution in [-0.4, -0.2) is 104 Å². The Morgan fingerprint density at radius 3 is 2.31 bits per heavy atom. The Bertz CT molecular complexity index is 1660. The van der Waals surface area contributed by atoms with Gasteiger partial charge in [-0.3, -0.25) is 4.79 Å². The molecule has 0 bridgehead atoms. The number of carbonyl (C=O) groups is 4. The van der Waals surface area contributed by atoms with E-state index in [1.807, 2.05) is 66.7 Å². The van der Waals surface area contributed by atoms with Crippen molar-refractivity contribution in [1.82, 2.24) is 5.32 Å². The van der Waals surface area contributed by atoms with Crippen LogP contribution in [0.15, 0.2) is 71.2 Å². The fourth-order valence-corrected chi connectivity index (χ4v) is 8.08. The van der Waals surface area contributed by atoms with Gasteiger partial charge in [-0.15, -0.1) is 0 Å². The van der Waals surface area contributed by atoms with Crippen LogP contribution in [0.25, 0.3) is 0 Å². The zero-order valence-corrected chi connectivity index (χ0v) is 36.8. The summed E-state index contributed by atoms with van der Waals surface area (Å²) in [5.41, 5.74) is 2.20. The first kappa shape index (κ1) is 49.3. The summed E-state index contributed by atoms with van der Waals surface area (Å²) in [6, 6.07) is 0. The molecule has 0 unspecified atom stereocenters. The molecule has 0 aromatic rings. The Morgan fingerprint density at radius 2 is 1.71 bits per heavy atom. The summed E-state index contributed by atoms with van der Waals surface area (Å²) in [4.78, 5) is 50.6. The number of hydrogen-bond donors (Lipinski definition) is 3. The average molecular weight is 830 g/mol. The Balaban J connectivity index is 1.93. The Labute approximate surface area is 349 Å². The maximum atomic E-state index is 13.8. The van der Waals surface area contributed by atoms with E-state index in [0.717, 1.165) is 17.7 Å². The number of nitrogens with one attached hydrogen (secondary N) is 1. The lowest BCUT2D eigenvalue weighted by Crippen LogP contribution is -2.60. The monoisotopic (exact) mass is 829 g/mol. The first-order chi connectivity index (χ1) is 27.8. The van der Waals surface area contributed by atoms with Crippen molar-refractivity contribution in [3.05, 3.63) is 71.2 Å². The molecule has 0 spiro atoms. The van der Waals surface area contributed by atoms with E-state index < -0.39 is 72.2 Å². The van der Waals surface area contributed by atoms with E-state index in [1.54, 1.807) is 32.1 Å². The topological polar surface area (TPSA) is 185 Å². The van der Waals surface area contributed by atoms with E-state index >= 15 is 0 Å². The highest BCUT2D eigenvalue weighted by atomic mass is 16.7. The molecule has 3 aliphatic rings. The number of esters is 3. The van der Waals surface area contributed by atoms with Crippen LogP contribution in [0, 0.1) is 35.5 Å². The minimum absolute atomic E-state index is 0.0343. The van der Waals surface area contributed by atoms with Crippen molar-refractivity contribution in [1.29, 1.82) is 0 Å². The van der Waals surface area contributed by atoms with Gasteiger partial charge < -0.3 is 48.7 Å². The number of carbonyl (C=O) groups excluding carboxylic acids is 4. The molecule has 3 rings (SSSR count). The van der Waals surface area contributed by atoms with Gasteiger partial charge in [-0.1, -0.05) is 90.0 Å². The molecule has 0 aromatic heterocycles. The predicted molar refractivity (Wildman–Crippen MR) is 220 cm³/mol. The first-order valence-electron chi connectivity index (χ1n) is 20.4. The molecule has 3 aliphatic heterocycles. The van der Waals surface area contributed by atoms with Gasteiger partial charge in [0.1, 0.15) is 24.9 Å². The molecule has 14 nitrogen and oxygen atoms in total. The van der Waals surface area contributed by atoms with Crippen LogP contribution in [0.4, 0.5) is 0 Å². The molecule has 1 amide bonds.